The van der Waals surface area contributed by atoms with E-state index in [1.807, 2.05) is 31.2 Å². The van der Waals surface area contributed by atoms with Crippen molar-refractivity contribution in [2.24, 2.45) is 5.73 Å². The van der Waals surface area contributed by atoms with Gasteiger partial charge in [-0.25, -0.2) is 0 Å². The summed E-state index contributed by atoms with van der Waals surface area (Å²) in [4.78, 5) is 4.38. The fourth-order valence-corrected chi connectivity index (χ4v) is 2.42. The second-order valence-electron chi connectivity index (χ2n) is 5.18. The summed E-state index contributed by atoms with van der Waals surface area (Å²) in [5, 5.41) is 3.99. The van der Waals surface area contributed by atoms with Crippen LogP contribution in [-0.4, -0.2) is 10.1 Å². The molecule has 6 heteroatoms. The Labute approximate surface area is 125 Å². The summed E-state index contributed by atoms with van der Waals surface area (Å²) in [5.74, 6) is 1.80. The number of hydrogen-bond acceptors (Lipinski definition) is 5. The Bertz CT molecular complexity index is 593. The number of halogens is 1. The third-order valence-corrected chi connectivity index (χ3v) is 4.14. The molecule has 1 aromatic heterocycles. The zero-order valence-electron chi connectivity index (χ0n) is 11.2. The molecule has 1 aliphatic carbocycles. The Hall–Kier alpha value is -1.40. The third kappa shape index (κ3) is 2.58. The van der Waals surface area contributed by atoms with Crippen LogP contribution in [0.2, 0.25) is 0 Å². The van der Waals surface area contributed by atoms with Crippen LogP contribution >= 0.6 is 15.9 Å². The first-order valence-corrected chi connectivity index (χ1v) is 7.41. The summed E-state index contributed by atoms with van der Waals surface area (Å²) < 4.78 is 12.1. The molecule has 106 valence electrons. The molecule has 5 nitrogen and oxygen atoms in total. The zero-order valence-corrected chi connectivity index (χ0v) is 12.8. The van der Waals surface area contributed by atoms with Gasteiger partial charge in [0.05, 0.1) is 5.54 Å². The summed E-state index contributed by atoms with van der Waals surface area (Å²) in [6.07, 6.45) is 2.63. The average molecular weight is 338 g/mol. The van der Waals surface area contributed by atoms with Gasteiger partial charge >= 0.3 is 0 Å². The van der Waals surface area contributed by atoms with Crippen LogP contribution in [0.15, 0.2) is 33.3 Å². The van der Waals surface area contributed by atoms with Gasteiger partial charge in [0.25, 0.3) is 5.89 Å². The molecule has 1 saturated carbocycles. The van der Waals surface area contributed by atoms with Crippen LogP contribution < -0.4 is 10.5 Å². The van der Waals surface area contributed by atoms with E-state index in [9.17, 15) is 0 Å². The van der Waals surface area contributed by atoms with Gasteiger partial charge < -0.3 is 15.0 Å². The average Bonchev–Trinajstić information content (AvgIpc) is 2.89. The van der Waals surface area contributed by atoms with Gasteiger partial charge in [0.15, 0.2) is 11.9 Å². The lowest BCUT2D eigenvalue weighted by Gasteiger charge is -2.34. The van der Waals surface area contributed by atoms with E-state index in [0.29, 0.717) is 11.7 Å². The molecule has 2 N–H and O–H groups in total. The van der Waals surface area contributed by atoms with Crippen LogP contribution in [0.5, 0.6) is 5.75 Å². The minimum absolute atomic E-state index is 0.305. The third-order valence-electron chi connectivity index (χ3n) is 3.61. The van der Waals surface area contributed by atoms with Crippen molar-refractivity contribution in [3.05, 3.63) is 40.5 Å². The van der Waals surface area contributed by atoms with Gasteiger partial charge in [-0.15, -0.1) is 0 Å². The molecule has 0 saturated heterocycles. The second kappa shape index (κ2) is 5.18. The van der Waals surface area contributed by atoms with E-state index in [0.717, 1.165) is 29.5 Å². The van der Waals surface area contributed by atoms with Gasteiger partial charge in [-0.1, -0.05) is 21.1 Å². The minimum atomic E-state index is -0.404. The van der Waals surface area contributed by atoms with Crippen LogP contribution in [0, 0.1) is 0 Å². The quantitative estimate of drug-likeness (QED) is 0.926. The monoisotopic (exact) mass is 337 g/mol. The van der Waals surface area contributed by atoms with Gasteiger partial charge in [-0.2, -0.15) is 4.98 Å². The van der Waals surface area contributed by atoms with E-state index < -0.39 is 5.54 Å². The van der Waals surface area contributed by atoms with Crippen molar-refractivity contribution in [3.8, 4) is 5.75 Å². The van der Waals surface area contributed by atoms with Gasteiger partial charge in [-0.3, -0.25) is 0 Å². The van der Waals surface area contributed by atoms with Crippen LogP contribution in [0.4, 0.5) is 0 Å². The van der Waals surface area contributed by atoms with Crippen molar-refractivity contribution >= 4 is 15.9 Å². The SMILES string of the molecule is CC(Oc1ccc(Br)cc1)c1nc(C2(N)CCC2)no1. The maximum absolute atomic E-state index is 6.18. The fourth-order valence-electron chi connectivity index (χ4n) is 2.15. The molecule has 1 aromatic carbocycles. The van der Waals surface area contributed by atoms with Gasteiger partial charge in [0.2, 0.25) is 0 Å². The highest BCUT2D eigenvalue weighted by Gasteiger charge is 2.39. The first-order valence-electron chi connectivity index (χ1n) is 6.62. The summed E-state index contributed by atoms with van der Waals surface area (Å²) >= 11 is 3.39. The fraction of sp³-hybridized carbons (Fsp3) is 0.429. The molecule has 20 heavy (non-hydrogen) atoms. The highest BCUT2D eigenvalue weighted by atomic mass is 79.9. The van der Waals surface area contributed by atoms with Crippen molar-refractivity contribution in [1.29, 1.82) is 0 Å². The molecular weight excluding hydrogens is 322 g/mol. The van der Waals surface area contributed by atoms with Crippen LogP contribution in [0.25, 0.3) is 0 Å². The lowest BCUT2D eigenvalue weighted by molar-refractivity contribution is 0.174. The van der Waals surface area contributed by atoms with E-state index in [-0.39, 0.29) is 6.10 Å². The number of benzene rings is 1. The molecule has 1 fully saturated rings. The smallest absolute Gasteiger partial charge is 0.267 e. The summed E-state index contributed by atoms with van der Waals surface area (Å²) in [7, 11) is 0. The number of nitrogens with two attached hydrogens (primary N) is 1. The number of hydrogen-bond donors (Lipinski definition) is 1. The van der Waals surface area contributed by atoms with Crippen LogP contribution in [-0.2, 0) is 5.54 Å². The van der Waals surface area contributed by atoms with Crippen molar-refractivity contribution in [2.75, 3.05) is 0 Å². The number of nitrogens with zero attached hydrogens (tertiary/aromatic N) is 2. The molecule has 0 radical (unpaired) electrons. The molecule has 0 spiro atoms. The summed E-state index contributed by atoms with van der Waals surface area (Å²) in [6.45, 7) is 1.88. The number of rotatable bonds is 4. The van der Waals surface area contributed by atoms with Gasteiger partial charge in [0.1, 0.15) is 5.75 Å². The Morgan fingerprint density at radius 2 is 2.05 bits per heavy atom. The lowest BCUT2D eigenvalue weighted by atomic mass is 9.77. The largest absolute Gasteiger partial charge is 0.481 e. The first-order chi connectivity index (χ1) is 9.57. The predicted molar refractivity (Wildman–Crippen MR) is 77.2 cm³/mol. The maximum Gasteiger partial charge on any atom is 0.267 e. The molecular formula is C14H16BrN3O2. The topological polar surface area (TPSA) is 74.2 Å². The van der Waals surface area contributed by atoms with Gasteiger partial charge in [-0.05, 0) is 50.5 Å². The van der Waals surface area contributed by atoms with E-state index in [2.05, 4.69) is 26.1 Å². The standard InChI is InChI=1S/C14H16BrN3O2/c1-9(19-11-5-3-10(15)4-6-11)12-17-13(18-20-12)14(16)7-2-8-14/h3-6,9H,2,7-8,16H2,1H3. The van der Waals surface area contributed by atoms with Crippen molar-refractivity contribution in [2.45, 2.75) is 37.8 Å². The molecule has 1 heterocycles. The van der Waals surface area contributed by atoms with Crippen LogP contribution in [0.3, 0.4) is 0 Å². The first kappa shape index (κ1) is 13.6. The van der Waals surface area contributed by atoms with E-state index in [1.165, 1.54) is 0 Å². The lowest BCUT2D eigenvalue weighted by Crippen LogP contribution is -2.44. The zero-order chi connectivity index (χ0) is 14.2. The van der Waals surface area contributed by atoms with E-state index in [4.69, 9.17) is 15.0 Å². The Balaban J connectivity index is 1.71. The predicted octanol–water partition coefficient (Wildman–Crippen LogP) is 3.31. The maximum atomic E-state index is 6.18. The molecule has 0 amide bonds. The minimum Gasteiger partial charge on any atom is -0.481 e. The number of aromatic nitrogens is 2. The van der Waals surface area contributed by atoms with Crippen molar-refractivity contribution in [1.82, 2.24) is 10.1 Å². The molecule has 2 aromatic rings. The highest BCUT2D eigenvalue weighted by Crippen LogP contribution is 2.37. The Kier molecular flexibility index (Phi) is 3.52. The van der Waals surface area contributed by atoms with Gasteiger partial charge in [0, 0.05) is 4.47 Å². The Morgan fingerprint density at radius 1 is 1.35 bits per heavy atom. The van der Waals surface area contributed by atoms with Crippen molar-refractivity contribution in [3.63, 3.8) is 0 Å². The van der Waals surface area contributed by atoms with Crippen LogP contribution in [0.1, 0.15) is 44.0 Å². The summed E-state index contributed by atoms with van der Waals surface area (Å²) in [5.41, 5.74) is 5.77. The molecule has 1 aliphatic rings. The molecule has 3 rings (SSSR count). The summed E-state index contributed by atoms with van der Waals surface area (Å²) in [6, 6.07) is 7.61. The molecule has 0 bridgehead atoms. The number of ether oxygens (including phenoxy) is 1. The molecule has 0 aliphatic heterocycles. The molecule has 1 atom stereocenters. The second-order valence-corrected chi connectivity index (χ2v) is 6.10. The van der Waals surface area contributed by atoms with E-state index in [1.54, 1.807) is 0 Å². The normalized spacial score (nSPS) is 18.4. The molecule has 1 unspecified atom stereocenters. The Morgan fingerprint density at radius 3 is 2.65 bits per heavy atom. The van der Waals surface area contributed by atoms with E-state index >= 15 is 0 Å². The van der Waals surface area contributed by atoms with Crippen molar-refractivity contribution < 1.29 is 9.26 Å². The highest BCUT2D eigenvalue weighted by molar-refractivity contribution is 9.10.